The van der Waals surface area contributed by atoms with Crippen molar-refractivity contribution in [3.63, 3.8) is 0 Å². The number of anilines is 1. The number of nitrogens with two attached hydrogens (primary N) is 1. The summed E-state index contributed by atoms with van der Waals surface area (Å²) in [5.74, 6) is -2.27. The van der Waals surface area contributed by atoms with Gasteiger partial charge >= 0.3 is 5.97 Å². The van der Waals surface area contributed by atoms with Gasteiger partial charge in [0.1, 0.15) is 22.8 Å². The lowest BCUT2D eigenvalue weighted by atomic mass is 10.0. The molecule has 2 atom stereocenters. The Hall–Kier alpha value is -2.95. The molecule has 0 bridgehead atoms. The Morgan fingerprint density at radius 2 is 2.10 bits per heavy atom. The Morgan fingerprint density at radius 3 is 2.55 bits per heavy atom. The molecule has 0 radical (unpaired) electrons. The Morgan fingerprint density at radius 1 is 1.48 bits per heavy atom. The van der Waals surface area contributed by atoms with Gasteiger partial charge in [0.25, 0.3) is 21.9 Å². The molecule has 1 saturated heterocycles. The first-order valence-corrected chi connectivity index (χ1v) is 11.9. The highest BCUT2D eigenvalue weighted by molar-refractivity contribution is 8.00. The van der Waals surface area contributed by atoms with E-state index in [1.165, 1.54) is 23.2 Å². The quantitative estimate of drug-likeness (QED) is 0.114. The van der Waals surface area contributed by atoms with Gasteiger partial charge < -0.3 is 21.4 Å². The zero-order valence-corrected chi connectivity index (χ0v) is 18.2. The van der Waals surface area contributed by atoms with Gasteiger partial charge in [-0.3, -0.25) is 19.0 Å². The number of carboxylic acid groups (broad SMARTS) is 1. The summed E-state index contributed by atoms with van der Waals surface area (Å²) in [6.07, 6.45) is 2.11. The van der Waals surface area contributed by atoms with Gasteiger partial charge in [0.2, 0.25) is 0 Å². The largest absolute Gasteiger partial charge is 0.477 e. The molecule has 6 N–H and O–H groups in total. The predicted molar refractivity (Wildman–Crippen MR) is 112 cm³/mol. The monoisotopic (exact) mass is 491 g/mol. The van der Waals surface area contributed by atoms with E-state index in [0.29, 0.717) is 17.6 Å². The number of nitrogen functional groups attached to an aromatic ring is 1. The lowest BCUT2D eigenvalue weighted by Gasteiger charge is -2.49. The molecule has 0 unspecified atom stereocenters. The van der Waals surface area contributed by atoms with Crippen molar-refractivity contribution in [2.45, 2.75) is 11.4 Å². The lowest BCUT2D eigenvalue weighted by molar-refractivity contribution is -0.150. The minimum Gasteiger partial charge on any atom is -0.477 e. The predicted octanol–water partition coefficient (Wildman–Crippen LogP) is -0.668. The highest BCUT2D eigenvalue weighted by Crippen LogP contribution is 2.40. The van der Waals surface area contributed by atoms with Crippen LogP contribution in [0.2, 0.25) is 0 Å². The van der Waals surface area contributed by atoms with E-state index in [4.69, 9.17) is 15.5 Å². The highest BCUT2D eigenvalue weighted by atomic mass is 32.2. The average molecular weight is 492 g/mol. The number of carbonyl (C=O) groups excluding carboxylic acids is 2. The number of carboxylic acids is 1. The normalized spacial score (nSPS) is 20.8. The Labute approximate surface area is 184 Å². The van der Waals surface area contributed by atoms with Gasteiger partial charge in [-0.2, -0.15) is 8.42 Å². The van der Waals surface area contributed by atoms with E-state index in [0.717, 1.165) is 16.2 Å². The van der Waals surface area contributed by atoms with Crippen LogP contribution in [0.1, 0.15) is 5.69 Å². The van der Waals surface area contributed by atoms with Crippen molar-refractivity contribution < 1.29 is 37.7 Å². The first-order valence-electron chi connectivity index (χ1n) is 8.09. The number of thiazole rings is 1. The van der Waals surface area contributed by atoms with E-state index in [1.54, 1.807) is 0 Å². The fourth-order valence-electron chi connectivity index (χ4n) is 2.62. The number of fused-ring (bicyclic) bond motifs is 1. The van der Waals surface area contributed by atoms with Gasteiger partial charge in [0, 0.05) is 11.1 Å². The van der Waals surface area contributed by atoms with E-state index < -0.39 is 39.3 Å². The SMILES string of the molecule is C=CC1=C(C(=O)O)N2C(=O)[C@@H](NC(=O)/C(=N\O)c3csc(N)n3)[C@H]2SC1.CS(=O)(=O)O. The van der Waals surface area contributed by atoms with Crippen LogP contribution >= 0.6 is 23.1 Å². The molecule has 1 aromatic heterocycles. The number of oxime groups is 1. The van der Waals surface area contributed by atoms with Crippen LogP contribution in [0.5, 0.6) is 0 Å². The third-order valence-corrected chi connectivity index (χ3v) is 5.79. The van der Waals surface area contributed by atoms with Crippen molar-refractivity contribution in [2.75, 3.05) is 17.7 Å². The number of hydrogen-bond donors (Lipinski definition) is 5. The first kappa shape index (κ1) is 24.3. The third-order valence-electron chi connectivity index (χ3n) is 3.81. The number of β-lactam (4-membered cyclic amide) rings is 1. The van der Waals surface area contributed by atoms with Gasteiger partial charge in [0.15, 0.2) is 10.8 Å². The number of amides is 2. The number of nitrogens with one attached hydrogen (secondary N) is 1. The maximum Gasteiger partial charge on any atom is 0.352 e. The maximum absolute atomic E-state index is 12.4. The second kappa shape index (κ2) is 9.46. The lowest BCUT2D eigenvalue weighted by Crippen LogP contribution is -2.71. The molecule has 1 fully saturated rings. The second-order valence-corrected chi connectivity index (χ2v) is 9.46. The number of carbonyl (C=O) groups is 3. The second-order valence-electron chi connectivity index (χ2n) is 6.00. The highest BCUT2D eigenvalue weighted by Gasteiger charge is 2.54. The van der Waals surface area contributed by atoms with Gasteiger partial charge in [-0.15, -0.1) is 23.1 Å². The summed E-state index contributed by atoms with van der Waals surface area (Å²) in [7, 11) is -3.67. The average Bonchev–Trinajstić information content (AvgIpc) is 3.09. The molecule has 3 rings (SSSR count). The number of allylic oxidation sites excluding steroid dienone is 1. The van der Waals surface area contributed by atoms with Gasteiger partial charge in [-0.1, -0.05) is 17.8 Å². The molecule has 0 aromatic carbocycles. The van der Waals surface area contributed by atoms with Crippen molar-refractivity contribution in [2.24, 2.45) is 5.16 Å². The zero-order valence-electron chi connectivity index (χ0n) is 15.8. The molecule has 3 heterocycles. The molecule has 0 aliphatic carbocycles. The smallest absolute Gasteiger partial charge is 0.352 e. The molecule has 13 nitrogen and oxygen atoms in total. The molecular formula is C15H17N5O8S3. The summed E-state index contributed by atoms with van der Waals surface area (Å²) in [5.41, 5.74) is 5.49. The van der Waals surface area contributed by atoms with Crippen LogP contribution in [0.4, 0.5) is 5.13 Å². The standard InChI is InChI=1S/C14H13N5O5S2.CH4O3S/c1-2-5-3-25-12-8(11(21)19(12)9(5)13(22)23)17-10(20)7(18-24)6-4-26-14(15)16-6;1-5(2,3)4/h2,4,8,12,24H,1,3H2,(H2,15,16)(H,17,20)(H,22,23);1H3,(H,2,3,4)/b18-7-;/t8-,12-;/m1./s1. The summed E-state index contributed by atoms with van der Waals surface area (Å²) < 4.78 is 25.9. The molecule has 2 aliphatic heterocycles. The van der Waals surface area contributed by atoms with E-state index in [9.17, 15) is 27.9 Å². The molecule has 0 saturated carbocycles. The molecular weight excluding hydrogens is 474 g/mol. The van der Waals surface area contributed by atoms with E-state index >= 15 is 0 Å². The van der Waals surface area contributed by atoms with Crippen molar-refractivity contribution in [3.8, 4) is 0 Å². The fourth-order valence-corrected chi connectivity index (χ4v) is 4.51. The molecule has 168 valence electrons. The summed E-state index contributed by atoms with van der Waals surface area (Å²) in [5, 5.41) is 24.9. The molecule has 1 aromatic rings. The molecule has 2 aliphatic rings. The fraction of sp³-hybridized carbons (Fsp3) is 0.267. The molecule has 31 heavy (non-hydrogen) atoms. The van der Waals surface area contributed by atoms with Crippen LogP contribution in [0.15, 0.2) is 34.5 Å². The minimum absolute atomic E-state index is 0.0764. The topological polar surface area (TPSA) is 213 Å². The van der Waals surface area contributed by atoms with Crippen LogP contribution < -0.4 is 11.1 Å². The summed E-state index contributed by atoms with van der Waals surface area (Å²) in [4.78, 5) is 41.2. The zero-order chi connectivity index (χ0) is 23.5. The summed E-state index contributed by atoms with van der Waals surface area (Å²) in [6.45, 7) is 3.56. The van der Waals surface area contributed by atoms with Crippen LogP contribution in [-0.4, -0.2) is 80.1 Å². The van der Waals surface area contributed by atoms with Crippen molar-refractivity contribution in [1.82, 2.24) is 15.2 Å². The van der Waals surface area contributed by atoms with E-state index in [-0.39, 0.29) is 22.2 Å². The number of thioether (sulfide) groups is 1. The molecule has 2 amide bonds. The van der Waals surface area contributed by atoms with E-state index in [2.05, 4.69) is 22.0 Å². The van der Waals surface area contributed by atoms with Crippen LogP contribution in [0.25, 0.3) is 0 Å². The van der Waals surface area contributed by atoms with Crippen molar-refractivity contribution >= 4 is 61.8 Å². The summed E-state index contributed by atoms with van der Waals surface area (Å²) in [6, 6.07) is -0.944. The first-order chi connectivity index (χ1) is 14.4. The van der Waals surface area contributed by atoms with Crippen LogP contribution in [0, 0.1) is 0 Å². The van der Waals surface area contributed by atoms with E-state index in [1.807, 2.05) is 0 Å². The molecule has 0 spiro atoms. The van der Waals surface area contributed by atoms with Gasteiger partial charge in [-0.05, 0) is 5.57 Å². The number of aliphatic carboxylic acids is 1. The van der Waals surface area contributed by atoms with Crippen molar-refractivity contribution in [3.05, 3.63) is 35.0 Å². The summed E-state index contributed by atoms with van der Waals surface area (Å²) >= 11 is 2.37. The van der Waals surface area contributed by atoms with Gasteiger partial charge in [-0.25, -0.2) is 9.78 Å². The van der Waals surface area contributed by atoms with Crippen molar-refractivity contribution in [1.29, 1.82) is 0 Å². The molecule has 16 heteroatoms. The Bertz CT molecular complexity index is 1090. The number of nitrogens with zero attached hydrogens (tertiary/aromatic N) is 3. The minimum atomic E-state index is -3.67. The number of rotatable bonds is 5. The Balaban J connectivity index is 0.000000614. The number of aromatic nitrogens is 1. The van der Waals surface area contributed by atoms with Gasteiger partial charge in [0.05, 0.1) is 6.26 Å². The van der Waals surface area contributed by atoms with Crippen LogP contribution in [0.3, 0.4) is 0 Å². The third kappa shape index (κ3) is 5.60. The van der Waals surface area contributed by atoms with Crippen LogP contribution in [-0.2, 0) is 24.5 Å². The number of hydrogen-bond acceptors (Lipinski definition) is 11. The Kier molecular flexibility index (Phi) is 7.42. The maximum atomic E-state index is 12.4.